The third kappa shape index (κ3) is 3.91. The average molecular weight is 490 g/mol. The first kappa shape index (κ1) is 22.4. The molecule has 7 rings (SSSR count). The quantitative estimate of drug-likeness (QED) is 0.377. The van der Waals surface area contributed by atoms with Crippen LogP contribution in [0.5, 0.6) is 0 Å². The highest BCUT2D eigenvalue weighted by Gasteiger charge is 2.44. The summed E-state index contributed by atoms with van der Waals surface area (Å²) >= 11 is 0. The summed E-state index contributed by atoms with van der Waals surface area (Å²) in [6.45, 7) is -0.143. The zero-order valence-corrected chi connectivity index (χ0v) is 19.2. The molecule has 1 aromatic carbocycles. The molecule has 3 saturated heterocycles. The van der Waals surface area contributed by atoms with Crippen molar-refractivity contribution in [3.63, 3.8) is 0 Å². The highest BCUT2D eigenvalue weighted by Crippen LogP contribution is 2.37. The van der Waals surface area contributed by atoms with Crippen LogP contribution >= 0.6 is 0 Å². The van der Waals surface area contributed by atoms with E-state index in [0.717, 1.165) is 37.2 Å². The maximum Gasteiger partial charge on any atom is 0.333 e. The summed E-state index contributed by atoms with van der Waals surface area (Å²) in [5, 5.41) is 7.27. The summed E-state index contributed by atoms with van der Waals surface area (Å²) in [6, 6.07) is 12.8. The fourth-order valence-electron chi connectivity index (χ4n) is 5.15. The predicted molar refractivity (Wildman–Crippen MR) is 129 cm³/mol. The summed E-state index contributed by atoms with van der Waals surface area (Å²) in [6.07, 6.45) is 11.9. The fraction of sp³-hybridized carbons (Fsp3) is 0.269. The van der Waals surface area contributed by atoms with E-state index in [4.69, 9.17) is 6.42 Å². The lowest BCUT2D eigenvalue weighted by Crippen LogP contribution is -2.68. The lowest BCUT2D eigenvalue weighted by molar-refractivity contribution is -0.00868. The normalized spacial score (nSPS) is 19.4. The lowest BCUT2D eigenvalue weighted by atomic mass is 9.86. The van der Waals surface area contributed by atoms with Crippen molar-refractivity contribution in [3.8, 4) is 34.7 Å². The van der Waals surface area contributed by atoms with E-state index in [0.29, 0.717) is 27.9 Å². The van der Waals surface area contributed by atoms with Crippen LogP contribution in [0.3, 0.4) is 0 Å². The Morgan fingerprint density at radius 1 is 0.972 bits per heavy atom. The minimum absolute atomic E-state index is 0.0570. The number of piperidine rings is 1. The zero-order valence-electron chi connectivity index (χ0n) is 19.2. The van der Waals surface area contributed by atoms with E-state index in [-0.39, 0.29) is 16.2 Å². The second-order valence-electron chi connectivity index (χ2n) is 9.12. The van der Waals surface area contributed by atoms with Gasteiger partial charge in [-0.05, 0) is 36.2 Å². The summed E-state index contributed by atoms with van der Waals surface area (Å²) in [5.41, 5.74) is 3.50. The van der Waals surface area contributed by atoms with Gasteiger partial charge in [-0.3, -0.25) is 4.90 Å². The minimum Gasteiger partial charge on any atom is -0.353 e. The second-order valence-corrected chi connectivity index (χ2v) is 9.12. The van der Waals surface area contributed by atoms with Crippen molar-refractivity contribution in [2.45, 2.75) is 31.6 Å². The maximum absolute atomic E-state index is 14.4. The van der Waals surface area contributed by atoms with Crippen molar-refractivity contribution in [3.05, 3.63) is 72.3 Å². The van der Waals surface area contributed by atoms with Crippen LogP contribution in [0, 0.1) is 12.3 Å². The van der Waals surface area contributed by atoms with Crippen molar-refractivity contribution in [1.29, 1.82) is 0 Å². The van der Waals surface area contributed by atoms with E-state index in [1.165, 1.54) is 24.4 Å². The Morgan fingerprint density at radius 2 is 1.75 bits per heavy atom. The number of rotatable bonds is 6. The van der Waals surface area contributed by atoms with Crippen LogP contribution in [0.1, 0.15) is 24.1 Å². The SMILES string of the molecule is C#Cc1ccc(CN2C3CC2CN(c2ccc(-c4cnn(F)c4-c4cnn(C(F)F)c4)cn2)C3)cc1. The zero-order chi connectivity index (χ0) is 24.8. The Hall–Kier alpha value is -4.10. The molecule has 10 heteroatoms. The molecule has 4 aromatic rings. The van der Waals surface area contributed by atoms with Gasteiger partial charge < -0.3 is 4.90 Å². The molecule has 3 fully saturated rings. The van der Waals surface area contributed by atoms with Crippen LogP contribution in [-0.2, 0) is 6.54 Å². The van der Waals surface area contributed by atoms with E-state index in [9.17, 15) is 13.3 Å². The topological polar surface area (TPSA) is 55.0 Å². The number of anilines is 1. The molecular formula is C26H22F3N7. The Kier molecular flexibility index (Phi) is 5.49. The van der Waals surface area contributed by atoms with Gasteiger partial charge in [-0.25, -0.2) is 9.67 Å². The van der Waals surface area contributed by atoms with Gasteiger partial charge >= 0.3 is 6.55 Å². The monoisotopic (exact) mass is 489 g/mol. The van der Waals surface area contributed by atoms with E-state index < -0.39 is 6.55 Å². The number of hydrogen-bond acceptors (Lipinski definition) is 5. The third-order valence-corrected chi connectivity index (χ3v) is 7.02. The molecule has 0 aliphatic carbocycles. The van der Waals surface area contributed by atoms with E-state index in [1.807, 2.05) is 24.3 Å². The third-order valence-electron chi connectivity index (χ3n) is 7.02. The highest BCUT2D eigenvalue weighted by molar-refractivity contribution is 5.80. The number of pyridine rings is 1. The molecule has 2 unspecified atom stereocenters. The Balaban J connectivity index is 1.15. The lowest BCUT2D eigenvalue weighted by Gasteiger charge is -2.56. The van der Waals surface area contributed by atoms with Crippen LogP contribution in [0.4, 0.5) is 19.1 Å². The number of aromatic nitrogens is 5. The van der Waals surface area contributed by atoms with Crippen molar-refractivity contribution in [2.75, 3.05) is 18.0 Å². The number of piperazine rings is 1. The van der Waals surface area contributed by atoms with Crippen LogP contribution in [-0.4, -0.2) is 54.8 Å². The molecule has 2 bridgehead atoms. The highest BCUT2D eigenvalue weighted by atomic mass is 19.3. The summed E-state index contributed by atoms with van der Waals surface area (Å²) < 4.78 is 40.7. The van der Waals surface area contributed by atoms with E-state index in [2.05, 4.69) is 43.0 Å². The largest absolute Gasteiger partial charge is 0.353 e. The predicted octanol–water partition coefficient (Wildman–Crippen LogP) is 4.38. The van der Waals surface area contributed by atoms with Crippen LogP contribution in [0.15, 0.2) is 61.2 Å². The second kappa shape index (κ2) is 8.84. The molecule has 0 saturated carbocycles. The molecule has 0 spiro atoms. The van der Waals surface area contributed by atoms with Crippen molar-refractivity contribution >= 4 is 5.82 Å². The number of hydrogen-bond donors (Lipinski definition) is 0. The van der Waals surface area contributed by atoms with Gasteiger partial charge in [0, 0.05) is 66.4 Å². The van der Waals surface area contributed by atoms with Gasteiger partial charge in [-0.1, -0.05) is 27.4 Å². The average Bonchev–Trinajstić information content (AvgIpc) is 3.54. The van der Waals surface area contributed by atoms with Crippen LogP contribution < -0.4 is 4.90 Å². The van der Waals surface area contributed by atoms with Gasteiger partial charge in [0.05, 0.1) is 12.4 Å². The van der Waals surface area contributed by atoms with Gasteiger partial charge in [-0.15, -0.1) is 11.5 Å². The van der Waals surface area contributed by atoms with E-state index in [1.54, 1.807) is 6.20 Å². The number of halogens is 3. The van der Waals surface area contributed by atoms with Gasteiger partial charge in [0.25, 0.3) is 0 Å². The summed E-state index contributed by atoms with van der Waals surface area (Å²) in [4.78, 5) is 9.59. The molecule has 3 aromatic heterocycles. The van der Waals surface area contributed by atoms with Crippen molar-refractivity contribution in [2.24, 2.45) is 0 Å². The Labute approximate surface area is 205 Å². The number of alkyl halides is 2. The standard InChI is InChI=1S/C26H22F3N7/c1-2-17-3-5-18(6-4-17)13-34-21-9-22(34)16-33(15-21)24-8-7-19(10-30-24)23-12-32-36(29)25(23)20-11-31-35(14-20)26(27)28/h1,3-8,10-12,14,21-22,26H,9,13,15-16H2. The molecular weight excluding hydrogens is 467 g/mol. The number of terminal acetylenes is 1. The molecule has 6 heterocycles. The van der Waals surface area contributed by atoms with Crippen molar-refractivity contribution in [1.82, 2.24) is 29.7 Å². The first-order chi connectivity index (χ1) is 17.5. The first-order valence-electron chi connectivity index (χ1n) is 11.6. The number of fused-ring (bicyclic) bond motifs is 2. The number of benzene rings is 1. The molecule has 182 valence electrons. The molecule has 3 aliphatic rings. The molecule has 0 N–H and O–H groups in total. The van der Waals surface area contributed by atoms with Gasteiger partial charge in [-0.2, -0.15) is 13.9 Å². The molecule has 3 aliphatic heterocycles. The maximum atomic E-state index is 14.4. The van der Waals surface area contributed by atoms with Crippen molar-refractivity contribution < 1.29 is 13.3 Å². The number of nitrogens with zero attached hydrogens (tertiary/aromatic N) is 7. The van der Waals surface area contributed by atoms with Crippen LogP contribution in [0.2, 0.25) is 0 Å². The Bertz CT molecular complexity index is 1410. The first-order valence-corrected chi connectivity index (χ1v) is 11.6. The molecule has 2 atom stereocenters. The fourth-order valence-corrected chi connectivity index (χ4v) is 5.15. The molecule has 36 heavy (non-hydrogen) atoms. The summed E-state index contributed by atoms with van der Waals surface area (Å²) in [7, 11) is 0. The van der Waals surface area contributed by atoms with Gasteiger partial charge in [0.15, 0.2) is 0 Å². The Morgan fingerprint density at radius 3 is 2.39 bits per heavy atom. The molecule has 0 amide bonds. The van der Waals surface area contributed by atoms with E-state index >= 15 is 0 Å². The minimum atomic E-state index is -2.81. The molecule has 7 nitrogen and oxygen atoms in total. The molecule has 0 radical (unpaired) electrons. The van der Waals surface area contributed by atoms with Gasteiger partial charge in [0.2, 0.25) is 0 Å². The smallest absolute Gasteiger partial charge is 0.333 e. The summed E-state index contributed by atoms with van der Waals surface area (Å²) in [5.74, 6) is 3.50. The van der Waals surface area contributed by atoms with Crippen LogP contribution in [0.25, 0.3) is 22.4 Å². The van der Waals surface area contributed by atoms with Gasteiger partial charge in [0.1, 0.15) is 11.5 Å².